The molecule has 0 unspecified atom stereocenters. The molecule has 2 aromatic heterocycles. The van der Waals surface area contributed by atoms with Crippen molar-refractivity contribution in [2.45, 2.75) is 13.5 Å². The molecule has 0 aliphatic rings. The number of anilines is 1. The second kappa shape index (κ2) is 6.67. The highest BCUT2D eigenvalue weighted by atomic mass is 16.6. The van der Waals surface area contributed by atoms with E-state index in [0.717, 1.165) is 17.1 Å². The molecule has 0 radical (unpaired) electrons. The molecular formula is C16H16N6O4. The molecule has 2 heterocycles. The zero-order valence-electron chi connectivity index (χ0n) is 14.1. The van der Waals surface area contributed by atoms with Crippen LogP contribution in [0.5, 0.6) is 0 Å². The Balaban J connectivity index is 1.85. The summed E-state index contributed by atoms with van der Waals surface area (Å²) in [5.41, 5.74) is 0.837. The summed E-state index contributed by atoms with van der Waals surface area (Å²) >= 11 is 0. The number of nitrogens with zero attached hydrogens (tertiary/aromatic N) is 5. The van der Waals surface area contributed by atoms with E-state index in [2.05, 4.69) is 10.4 Å². The van der Waals surface area contributed by atoms with E-state index in [1.807, 2.05) is 18.2 Å². The Kier molecular flexibility index (Phi) is 4.40. The van der Waals surface area contributed by atoms with Crippen LogP contribution in [0, 0.1) is 17.0 Å². The van der Waals surface area contributed by atoms with Crippen molar-refractivity contribution in [1.29, 1.82) is 0 Å². The van der Waals surface area contributed by atoms with Gasteiger partial charge in [-0.05, 0) is 19.1 Å². The van der Waals surface area contributed by atoms with Gasteiger partial charge in [0, 0.05) is 7.05 Å². The molecule has 10 nitrogen and oxygen atoms in total. The Bertz CT molecular complexity index is 1030. The predicted molar refractivity (Wildman–Crippen MR) is 93.3 cm³/mol. The quantitative estimate of drug-likeness (QED) is 0.545. The number of aromatic nitrogens is 4. The average Bonchev–Trinajstić information content (AvgIpc) is 3.15. The average molecular weight is 356 g/mol. The Hall–Kier alpha value is -3.69. The van der Waals surface area contributed by atoms with Gasteiger partial charge >= 0.3 is 5.69 Å². The molecule has 1 aromatic carbocycles. The van der Waals surface area contributed by atoms with Gasteiger partial charge in [-0.2, -0.15) is 5.10 Å². The highest BCUT2D eigenvalue weighted by molar-refractivity contribution is 5.91. The van der Waals surface area contributed by atoms with Crippen LogP contribution in [-0.4, -0.2) is 30.0 Å². The first-order chi connectivity index (χ1) is 12.4. The molecule has 0 spiro atoms. The minimum Gasteiger partial charge on any atom is -0.318 e. The van der Waals surface area contributed by atoms with E-state index < -0.39 is 10.8 Å². The van der Waals surface area contributed by atoms with Gasteiger partial charge in [-0.15, -0.1) is 0 Å². The van der Waals surface area contributed by atoms with Crippen molar-refractivity contribution in [3.63, 3.8) is 0 Å². The van der Waals surface area contributed by atoms with Crippen molar-refractivity contribution in [2.24, 2.45) is 7.05 Å². The molecule has 134 valence electrons. The van der Waals surface area contributed by atoms with Gasteiger partial charge in [0.05, 0.1) is 16.3 Å². The number of hydrogen-bond acceptors (Lipinski definition) is 5. The maximum Gasteiger partial charge on any atom is 0.307 e. The first kappa shape index (κ1) is 17.1. The predicted octanol–water partition coefficient (Wildman–Crippen LogP) is 1.23. The molecule has 0 saturated heterocycles. The minimum absolute atomic E-state index is 0.156. The first-order valence-corrected chi connectivity index (χ1v) is 7.69. The lowest BCUT2D eigenvalue weighted by molar-refractivity contribution is -0.385. The van der Waals surface area contributed by atoms with E-state index in [0.29, 0.717) is 11.4 Å². The monoisotopic (exact) mass is 356 g/mol. The van der Waals surface area contributed by atoms with Gasteiger partial charge in [0.2, 0.25) is 5.91 Å². The second-order valence-electron chi connectivity index (χ2n) is 5.64. The molecule has 0 atom stereocenters. The molecule has 0 fully saturated rings. The lowest BCUT2D eigenvalue weighted by atomic mass is 10.3. The van der Waals surface area contributed by atoms with Gasteiger partial charge in [-0.3, -0.25) is 29.1 Å². The standard InChI is InChI=1S/C16H16N6O4/c1-11-15(16(24)21(19(11)2)12-6-4-3-5-7-12)18-14(23)10-20-9-13(8-17-20)22(25)26/h3-9H,10H2,1-2H3,(H,18,23). The topological polar surface area (TPSA) is 117 Å². The fraction of sp³-hybridized carbons (Fsp3) is 0.188. The van der Waals surface area contributed by atoms with Gasteiger partial charge in [-0.25, -0.2) is 4.68 Å². The summed E-state index contributed by atoms with van der Waals surface area (Å²) in [7, 11) is 1.72. The molecule has 3 aromatic rings. The van der Waals surface area contributed by atoms with Crippen molar-refractivity contribution in [3.05, 3.63) is 68.9 Å². The van der Waals surface area contributed by atoms with Crippen molar-refractivity contribution >= 4 is 17.3 Å². The lowest BCUT2D eigenvalue weighted by Gasteiger charge is -2.07. The summed E-state index contributed by atoms with van der Waals surface area (Å²) in [6.07, 6.45) is 2.21. The Morgan fingerprint density at radius 2 is 2.00 bits per heavy atom. The third-order valence-electron chi connectivity index (χ3n) is 3.95. The number of nitrogens with one attached hydrogen (secondary N) is 1. The molecule has 26 heavy (non-hydrogen) atoms. The van der Waals surface area contributed by atoms with E-state index in [-0.39, 0.29) is 23.5 Å². The third kappa shape index (κ3) is 3.11. The van der Waals surface area contributed by atoms with Gasteiger partial charge in [0.15, 0.2) is 0 Å². The van der Waals surface area contributed by atoms with Crippen LogP contribution in [0.25, 0.3) is 5.69 Å². The maximum absolute atomic E-state index is 12.7. The summed E-state index contributed by atoms with van der Waals surface area (Å²) in [5, 5.41) is 17.0. The minimum atomic E-state index is -0.596. The van der Waals surface area contributed by atoms with Gasteiger partial charge in [-0.1, -0.05) is 18.2 Å². The number of rotatable bonds is 5. The number of nitro groups is 1. The van der Waals surface area contributed by atoms with Crippen LogP contribution in [0.1, 0.15) is 5.69 Å². The first-order valence-electron chi connectivity index (χ1n) is 7.69. The second-order valence-corrected chi connectivity index (χ2v) is 5.64. The maximum atomic E-state index is 12.7. The summed E-state index contributed by atoms with van der Waals surface area (Å²) in [6.45, 7) is 1.47. The van der Waals surface area contributed by atoms with Crippen molar-refractivity contribution in [2.75, 3.05) is 5.32 Å². The van der Waals surface area contributed by atoms with Crippen molar-refractivity contribution in [1.82, 2.24) is 19.1 Å². The fourth-order valence-electron chi connectivity index (χ4n) is 2.57. The molecule has 0 aliphatic carbocycles. The van der Waals surface area contributed by atoms with Crippen LogP contribution < -0.4 is 10.9 Å². The normalized spacial score (nSPS) is 10.7. The fourth-order valence-corrected chi connectivity index (χ4v) is 2.57. The Morgan fingerprint density at radius 1 is 1.31 bits per heavy atom. The van der Waals surface area contributed by atoms with Crippen LogP contribution in [0.4, 0.5) is 11.4 Å². The molecular weight excluding hydrogens is 340 g/mol. The molecule has 0 aliphatic heterocycles. The highest BCUT2D eigenvalue weighted by Crippen LogP contribution is 2.14. The zero-order valence-corrected chi connectivity index (χ0v) is 14.1. The molecule has 0 bridgehead atoms. The van der Waals surface area contributed by atoms with Crippen LogP contribution in [-0.2, 0) is 18.4 Å². The number of amides is 1. The largest absolute Gasteiger partial charge is 0.318 e. The van der Waals surface area contributed by atoms with Gasteiger partial charge in [0.1, 0.15) is 24.6 Å². The Morgan fingerprint density at radius 3 is 2.62 bits per heavy atom. The Labute approximate surface area is 147 Å². The number of carbonyl (C=O) groups excluding carboxylic acids is 1. The van der Waals surface area contributed by atoms with Gasteiger partial charge in [0.25, 0.3) is 5.56 Å². The summed E-state index contributed by atoms with van der Waals surface area (Å²) in [6, 6.07) is 9.04. The highest BCUT2D eigenvalue weighted by Gasteiger charge is 2.19. The lowest BCUT2D eigenvalue weighted by Crippen LogP contribution is -2.25. The summed E-state index contributed by atoms with van der Waals surface area (Å²) < 4.78 is 4.23. The molecule has 3 rings (SSSR count). The van der Waals surface area contributed by atoms with Crippen molar-refractivity contribution in [3.8, 4) is 5.69 Å². The SMILES string of the molecule is Cc1c(NC(=O)Cn2cc([N+](=O)[O-])cn2)c(=O)n(-c2ccccc2)n1C. The van der Waals surface area contributed by atoms with Crippen LogP contribution in [0.15, 0.2) is 47.5 Å². The molecule has 1 N–H and O–H groups in total. The summed E-state index contributed by atoms with van der Waals surface area (Å²) in [5.74, 6) is -0.506. The van der Waals surface area contributed by atoms with E-state index in [4.69, 9.17) is 0 Å². The van der Waals surface area contributed by atoms with Crippen LogP contribution in [0.3, 0.4) is 0 Å². The molecule has 0 saturated carbocycles. The van der Waals surface area contributed by atoms with Gasteiger partial charge < -0.3 is 5.32 Å². The van der Waals surface area contributed by atoms with E-state index in [1.165, 1.54) is 4.68 Å². The number of hydrogen-bond donors (Lipinski definition) is 1. The van der Waals surface area contributed by atoms with Crippen molar-refractivity contribution < 1.29 is 9.72 Å². The third-order valence-corrected chi connectivity index (χ3v) is 3.95. The smallest absolute Gasteiger partial charge is 0.307 e. The number of carbonyl (C=O) groups is 1. The van der Waals surface area contributed by atoms with E-state index in [1.54, 1.807) is 30.8 Å². The van der Waals surface area contributed by atoms with Crippen LogP contribution in [0.2, 0.25) is 0 Å². The van der Waals surface area contributed by atoms with E-state index >= 15 is 0 Å². The molecule has 10 heteroatoms. The summed E-state index contributed by atoms with van der Waals surface area (Å²) in [4.78, 5) is 35.0. The zero-order chi connectivity index (χ0) is 18.8. The van der Waals surface area contributed by atoms with E-state index in [9.17, 15) is 19.7 Å². The van der Waals surface area contributed by atoms with Crippen LogP contribution >= 0.6 is 0 Å². The molecule has 1 amide bonds. The number of para-hydroxylation sites is 1. The number of benzene rings is 1.